The Morgan fingerprint density at radius 3 is 3.05 bits per heavy atom. The molecule has 0 bridgehead atoms. The number of anilines is 1. The lowest BCUT2D eigenvalue weighted by Crippen LogP contribution is -2.38. The zero-order valence-corrected chi connectivity index (χ0v) is 12.8. The van der Waals surface area contributed by atoms with Crippen molar-refractivity contribution in [1.29, 1.82) is 0 Å². The van der Waals surface area contributed by atoms with E-state index >= 15 is 0 Å². The molecule has 5 nitrogen and oxygen atoms in total. The third-order valence-corrected chi connectivity index (χ3v) is 3.43. The molecule has 20 heavy (non-hydrogen) atoms. The van der Waals surface area contributed by atoms with E-state index in [1.54, 1.807) is 6.20 Å². The predicted molar refractivity (Wildman–Crippen MR) is 81.3 cm³/mol. The first-order valence-electron chi connectivity index (χ1n) is 7.66. The summed E-state index contributed by atoms with van der Waals surface area (Å²) in [5.41, 5.74) is 0. The Morgan fingerprint density at radius 2 is 2.30 bits per heavy atom. The average Bonchev–Trinajstić information content (AvgIpc) is 2.87. The number of rotatable bonds is 7. The van der Waals surface area contributed by atoms with Crippen molar-refractivity contribution in [2.24, 2.45) is 0 Å². The van der Waals surface area contributed by atoms with E-state index in [0.717, 1.165) is 25.5 Å². The molecular weight excluding hydrogens is 252 g/mol. The minimum atomic E-state index is 0.125. The maximum atomic E-state index is 5.63. The SMILES string of the molecule is CCCNCC1CCCN1c1cncc(OC(C)C)n1. The molecule has 1 N–H and O–H groups in total. The second kappa shape index (κ2) is 7.43. The molecule has 1 unspecified atom stereocenters. The molecule has 0 saturated carbocycles. The van der Waals surface area contributed by atoms with Gasteiger partial charge in [-0.2, -0.15) is 4.98 Å². The smallest absolute Gasteiger partial charge is 0.234 e. The molecule has 0 radical (unpaired) electrons. The van der Waals surface area contributed by atoms with Gasteiger partial charge in [0.05, 0.1) is 18.5 Å². The van der Waals surface area contributed by atoms with Crippen LogP contribution in [0.1, 0.15) is 40.0 Å². The molecule has 0 aromatic carbocycles. The van der Waals surface area contributed by atoms with Crippen LogP contribution in [0.25, 0.3) is 0 Å². The van der Waals surface area contributed by atoms with Crippen molar-refractivity contribution in [3.63, 3.8) is 0 Å². The van der Waals surface area contributed by atoms with Gasteiger partial charge < -0.3 is 15.0 Å². The van der Waals surface area contributed by atoms with Crippen molar-refractivity contribution in [3.05, 3.63) is 12.4 Å². The largest absolute Gasteiger partial charge is 0.474 e. The summed E-state index contributed by atoms with van der Waals surface area (Å²) in [6, 6.07) is 0.519. The van der Waals surface area contributed by atoms with Crippen molar-refractivity contribution in [2.75, 3.05) is 24.5 Å². The van der Waals surface area contributed by atoms with Crippen molar-refractivity contribution in [3.8, 4) is 5.88 Å². The Balaban J connectivity index is 2.01. The van der Waals surface area contributed by atoms with E-state index in [9.17, 15) is 0 Å². The van der Waals surface area contributed by atoms with Crippen LogP contribution in [0.4, 0.5) is 5.82 Å². The molecule has 1 aliphatic rings. The van der Waals surface area contributed by atoms with Crippen LogP contribution >= 0.6 is 0 Å². The molecule has 0 amide bonds. The minimum Gasteiger partial charge on any atom is -0.474 e. The molecule has 2 rings (SSSR count). The fourth-order valence-electron chi connectivity index (χ4n) is 2.57. The van der Waals surface area contributed by atoms with Crippen molar-refractivity contribution >= 4 is 5.82 Å². The summed E-state index contributed by atoms with van der Waals surface area (Å²) >= 11 is 0. The molecule has 1 aromatic heterocycles. The predicted octanol–water partition coefficient (Wildman–Crippen LogP) is 2.23. The van der Waals surface area contributed by atoms with Crippen LogP contribution in [0.5, 0.6) is 5.88 Å². The van der Waals surface area contributed by atoms with E-state index < -0.39 is 0 Å². The molecule has 2 heterocycles. The minimum absolute atomic E-state index is 0.125. The zero-order valence-electron chi connectivity index (χ0n) is 12.8. The molecule has 1 fully saturated rings. The Labute approximate surface area is 121 Å². The van der Waals surface area contributed by atoms with Crippen LogP contribution in [0.2, 0.25) is 0 Å². The Hall–Kier alpha value is -1.36. The third-order valence-electron chi connectivity index (χ3n) is 3.43. The summed E-state index contributed by atoms with van der Waals surface area (Å²) in [7, 11) is 0. The maximum absolute atomic E-state index is 5.63. The molecule has 0 spiro atoms. The summed E-state index contributed by atoms with van der Waals surface area (Å²) in [5.74, 6) is 1.55. The van der Waals surface area contributed by atoms with Gasteiger partial charge in [0.15, 0.2) is 5.82 Å². The van der Waals surface area contributed by atoms with Gasteiger partial charge >= 0.3 is 0 Å². The highest BCUT2D eigenvalue weighted by Gasteiger charge is 2.25. The molecule has 1 aromatic rings. The van der Waals surface area contributed by atoms with E-state index in [1.165, 1.54) is 19.3 Å². The third kappa shape index (κ3) is 4.07. The van der Waals surface area contributed by atoms with Gasteiger partial charge in [-0.25, -0.2) is 0 Å². The van der Waals surface area contributed by atoms with Crippen LogP contribution < -0.4 is 15.0 Å². The number of nitrogens with one attached hydrogen (secondary N) is 1. The highest BCUT2D eigenvalue weighted by molar-refractivity contribution is 5.40. The van der Waals surface area contributed by atoms with Gasteiger partial charge in [-0.05, 0) is 39.7 Å². The molecular formula is C15H26N4O. The highest BCUT2D eigenvalue weighted by atomic mass is 16.5. The Kier molecular flexibility index (Phi) is 5.59. The van der Waals surface area contributed by atoms with Gasteiger partial charge in [-0.1, -0.05) is 6.92 Å². The van der Waals surface area contributed by atoms with E-state index in [4.69, 9.17) is 4.74 Å². The second-order valence-corrected chi connectivity index (χ2v) is 5.58. The van der Waals surface area contributed by atoms with E-state index in [0.29, 0.717) is 11.9 Å². The summed E-state index contributed by atoms with van der Waals surface area (Å²) in [5, 5.41) is 3.50. The lowest BCUT2D eigenvalue weighted by atomic mass is 10.2. The van der Waals surface area contributed by atoms with Gasteiger partial charge in [0.25, 0.3) is 0 Å². The van der Waals surface area contributed by atoms with Gasteiger partial charge in [0.1, 0.15) is 0 Å². The first-order valence-corrected chi connectivity index (χ1v) is 7.66. The quantitative estimate of drug-likeness (QED) is 0.775. The monoisotopic (exact) mass is 278 g/mol. The summed E-state index contributed by atoms with van der Waals surface area (Å²) in [6.45, 7) is 9.34. The maximum Gasteiger partial charge on any atom is 0.234 e. The fourth-order valence-corrected chi connectivity index (χ4v) is 2.57. The Bertz CT molecular complexity index is 411. The van der Waals surface area contributed by atoms with Crippen LogP contribution in [0, 0.1) is 0 Å². The van der Waals surface area contributed by atoms with Crippen molar-refractivity contribution in [1.82, 2.24) is 15.3 Å². The highest BCUT2D eigenvalue weighted by Crippen LogP contribution is 2.24. The standard InChI is InChI=1S/C15H26N4O/c1-4-7-16-9-13-6-5-8-19(13)14-10-17-11-15(18-14)20-12(2)3/h10-13,16H,4-9H2,1-3H3. The van der Waals surface area contributed by atoms with E-state index in [-0.39, 0.29) is 6.10 Å². The van der Waals surface area contributed by atoms with Crippen LogP contribution in [0.3, 0.4) is 0 Å². The van der Waals surface area contributed by atoms with E-state index in [2.05, 4.69) is 27.1 Å². The number of ether oxygens (including phenoxy) is 1. The van der Waals surface area contributed by atoms with Crippen LogP contribution in [0.15, 0.2) is 12.4 Å². The number of hydrogen-bond donors (Lipinski definition) is 1. The van der Waals surface area contributed by atoms with Gasteiger partial charge in [-0.3, -0.25) is 4.98 Å². The fraction of sp³-hybridized carbons (Fsp3) is 0.733. The number of nitrogens with zero attached hydrogens (tertiary/aromatic N) is 3. The second-order valence-electron chi connectivity index (χ2n) is 5.58. The summed E-state index contributed by atoms with van der Waals surface area (Å²) < 4.78 is 5.63. The zero-order chi connectivity index (χ0) is 14.4. The average molecular weight is 278 g/mol. The lowest BCUT2D eigenvalue weighted by molar-refractivity contribution is 0.231. The molecule has 1 saturated heterocycles. The molecule has 1 aliphatic heterocycles. The first kappa shape index (κ1) is 15.0. The molecule has 1 atom stereocenters. The topological polar surface area (TPSA) is 50.3 Å². The molecule has 112 valence electrons. The Morgan fingerprint density at radius 1 is 1.45 bits per heavy atom. The van der Waals surface area contributed by atoms with Crippen LogP contribution in [-0.2, 0) is 0 Å². The summed E-state index contributed by atoms with van der Waals surface area (Å²) in [6.07, 6.45) is 7.25. The molecule has 0 aliphatic carbocycles. The van der Waals surface area contributed by atoms with Gasteiger partial charge in [0, 0.05) is 19.1 Å². The first-order chi connectivity index (χ1) is 9.70. The molecule has 5 heteroatoms. The van der Waals surface area contributed by atoms with Crippen molar-refractivity contribution < 1.29 is 4.74 Å². The lowest BCUT2D eigenvalue weighted by Gasteiger charge is -2.26. The number of aromatic nitrogens is 2. The van der Waals surface area contributed by atoms with Crippen molar-refractivity contribution in [2.45, 2.75) is 52.2 Å². The number of hydrogen-bond acceptors (Lipinski definition) is 5. The normalized spacial score (nSPS) is 18.8. The summed E-state index contributed by atoms with van der Waals surface area (Å²) in [4.78, 5) is 11.2. The van der Waals surface area contributed by atoms with Gasteiger partial charge in [0.2, 0.25) is 5.88 Å². The van der Waals surface area contributed by atoms with Crippen LogP contribution in [-0.4, -0.2) is 41.7 Å². The van der Waals surface area contributed by atoms with Gasteiger partial charge in [-0.15, -0.1) is 0 Å². The van der Waals surface area contributed by atoms with E-state index in [1.807, 2.05) is 20.0 Å².